The van der Waals surface area contributed by atoms with Crippen LogP contribution in [0.5, 0.6) is 5.75 Å². The summed E-state index contributed by atoms with van der Waals surface area (Å²) in [4.78, 5) is 10.8. The highest BCUT2D eigenvalue weighted by Crippen LogP contribution is 2.25. The van der Waals surface area contributed by atoms with Crippen LogP contribution in [-0.2, 0) is 4.79 Å². The number of nitriles is 1. The first kappa shape index (κ1) is 14.1. The standard InChI is InChI=1S/C13H12ClNO3/c1-2-5-18-12-4-3-11(14)7-9(12)6-10(8-15)13(16)17/h3-4,6-7H,2,5H2,1H3,(H,16,17). The second-order valence-corrected chi connectivity index (χ2v) is 3.94. The van der Waals surface area contributed by atoms with Gasteiger partial charge in [0.15, 0.2) is 0 Å². The van der Waals surface area contributed by atoms with Gasteiger partial charge in [0.2, 0.25) is 0 Å². The van der Waals surface area contributed by atoms with Crippen molar-refractivity contribution in [3.05, 3.63) is 34.4 Å². The number of ether oxygens (including phenoxy) is 1. The topological polar surface area (TPSA) is 70.3 Å². The molecule has 0 aliphatic carbocycles. The average Bonchev–Trinajstić information content (AvgIpc) is 2.34. The Morgan fingerprint density at radius 2 is 2.33 bits per heavy atom. The Kier molecular flexibility index (Phi) is 5.22. The molecule has 0 spiro atoms. The van der Waals surface area contributed by atoms with Gasteiger partial charge in [-0.05, 0) is 30.7 Å². The van der Waals surface area contributed by atoms with Crippen LogP contribution in [0.25, 0.3) is 6.08 Å². The predicted molar refractivity (Wildman–Crippen MR) is 68.5 cm³/mol. The molecule has 0 unspecified atom stereocenters. The number of aliphatic carboxylic acids is 1. The van der Waals surface area contributed by atoms with Gasteiger partial charge in [0.25, 0.3) is 0 Å². The number of carbonyl (C=O) groups is 1. The number of carboxylic acids is 1. The van der Waals surface area contributed by atoms with Crippen LogP contribution in [0.15, 0.2) is 23.8 Å². The van der Waals surface area contributed by atoms with Crippen LogP contribution in [0.1, 0.15) is 18.9 Å². The fraction of sp³-hybridized carbons (Fsp3) is 0.231. The lowest BCUT2D eigenvalue weighted by Crippen LogP contribution is -2.00. The van der Waals surface area contributed by atoms with Crippen molar-refractivity contribution >= 4 is 23.6 Å². The smallest absolute Gasteiger partial charge is 0.346 e. The fourth-order valence-corrected chi connectivity index (χ4v) is 1.45. The van der Waals surface area contributed by atoms with Gasteiger partial charge in [-0.3, -0.25) is 0 Å². The SMILES string of the molecule is CCCOc1ccc(Cl)cc1C=C(C#N)C(=O)O. The van der Waals surface area contributed by atoms with E-state index in [1.165, 1.54) is 6.08 Å². The molecule has 94 valence electrons. The van der Waals surface area contributed by atoms with E-state index in [-0.39, 0.29) is 5.57 Å². The molecule has 1 aromatic rings. The zero-order valence-electron chi connectivity index (χ0n) is 9.81. The molecule has 4 nitrogen and oxygen atoms in total. The molecule has 0 aliphatic rings. The van der Waals surface area contributed by atoms with Crippen molar-refractivity contribution in [3.63, 3.8) is 0 Å². The van der Waals surface area contributed by atoms with E-state index in [2.05, 4.69) is 0 Å². The van der Waals surface area contributed by atoms with E-state index in [4.69, 9.17) is 26.7 Å². The number of hydrogen-bond donors (Lipinski definition) is 1. The monoisotopic (exact) mass is 265 g/mol. The summed E-state index contributed by atoms with van der Waals surface area (Å²) < 4.78 is 5.46. The number of carboxylic acid groups (broad SMARTS) is 1. The normalized spacial score (nSPS) is 10.8. The van der Waals surface area contributed by atoms with Crippen molar-refractivity contribution in [3.8, 4) is 11.8 Å². The lowest BCUT2D eigenvalue weighted by atomic mass is 10.1. The molecule has 0 saturated heterocycles. The van der Waals surface area contributed by atoms with Gasteiger partial charge in [0, 0.05) is 10.6 Å². The molecule has 0 atom stereocenters. The van der Waals surface area contributed by atoms with Crippen LogP contribution in [0.4, 0.5) is 0 Å². The van der Waals surface area contributed by atoms with E-state index in [9.17, 15) is 4.79 Å². The highest BCUT2D eigenvalue weighted by molar-refractivity contribution is 6.30. The largest absolute Gasteiger partial charge is 0.493 e. The Hall–Kier alpha value is -1.99. The van der Waals surface area contributed by atoms with Crippen molar-refractivity contribution in [1.29, 1.82) is 5.26 Å². The molecule has 0 aliphatic heterocycles. The summed E-state index contributed by atoms with van der Waals surface area (Å²) in [5.41, 5.74) is 0.119. The molecule has 1 rings (SSSR count). The first-order valence-corrected chi connectivity index (χ1v) is 5.73. The summed E-state index contributed by atoms with van der Waals surface area (Å²) in [6.07, 6.45) is 2.08. The van der Waals surface area contributed by atoms with E-state index in [1.54, 1.807) is 24.3 Å². The van der Waals surface area contributed by atoms with E-state index >= 15 is 0 Å². The summed E-state index contributed by atoms with van der Waals surface area (Å²) in [6, 6.07) is 6.48. The van der Waals surface area contributed by atoms with E-state index in [0.29, 0.717) is 22.9 Å². The summed E-state index contributed by atoms with van der Waals surface area (Å²) in [5.74, 6) is -0.769. The number of halogens is 1. The van der Waals surface area contributed by atoms with Crippen LogP contribution in [0, 0.1) is 11.3 Å². The number of nitrogens with zero attached hydrogens (tertiary/aromatic N) is 1. The summed E-state index contributed by atoms with van der Waals surface area (Å²) in [6.45, 7) is 2.47. The average molecular weight is 266 g/mol. The van der Waals surface area contributed by atoms with Crippen molar-refractivity contribution in [1.82, 2.24) is 0 Å². The Bertz CT molecular complexity index is 517. The van der Waals surface area contributed by atoms with E-state index < -0.39 is 5.97 Å². The van der Waals surface area contributed by atoms with Gasteiger partial charge in [-0.15, -0.1) is 0 Å². The zero-order valence-corrected chi connectivity index (χ0v) is 10.6. The van der Waals surface area contributed by atoms with Crippen LogP contribution in [0.3, 0.4) is 0 Å². The van der Waals surface area contributed by atoms with Crippen molar-refractivity contribution in [2.24, 2.45) is 0 Å². The third kappa shape index (κ3) is 3.79. The summed E-state index contributed by atoms with van der Waals surface area (Å²) in [7, 11) is 0. The molecule has 0 radical (unpaired) electrons. The number of benzene rings is 1. The summed E-state index contributed by atoms with van der Waals surface area (Å²) >= 11 is 5.84. The van der Waals surface area contributed by atoms with Crippen LogP contribution in [-0.4, -0.2) is 17.7 Å². The van der Waals surface area contributed by atoms with Gasteiger partial charge in [-0.1, -0.05) is 18.5 Å². The van der Waals surface area contributed by atoms with Gasteiger partial charge in [0.1, 0.15) is 17.4 Å². The van der Waals surface area contributed by atoms with Crippen molar-refractivity contribution < 1.29 is 14.6 Å². The van der Waals surface area contributed by atoms with Gasteiger partial charge < -0.3 is 9.84 Å². The number of rotatable bonds is 5. The van der Waals surface area contributed by atoms with Crippen LogP contribution in [0.2, 0.25) is 5.02 Å². The Labute approximate surface area is 110 Å². The summed E-state index contributed by atoms with van der Waals surface area (Å²) in [5, 5.41) is 18.0. The lowest BCUT2D eigenvalue weighted by Gasteiger charge is -2.08. The molecule has 0 amide bonds. The Balaban J connectivity index is 3.17. The third-order valence-corrected chi connectivity index (χ3v) is 2.32. The van der Waals surface area contributed by atoms with E-state index in [0.717, 1.165) is 6.42 Å². The molecule has 1 N–H and O–H groups in total. The maximum Gasteiger partial charge on any atom is 0.346 e. The van der Waals surface area contributed by atoms with Gasteiger partial charge in [-0.25, -0.2) is 4.79 Å². The predicted octanol–water partition coefficient (Wildman–Crippen LogP) is 3.12. The van der Waals surface area contributed by atoms with Crippen LogP contribution >= 0.6 is 11.6 Å². The van der Waals surface area contributed by atoms with Gasteiger partial charge >= 0.3 is 5.97 Å². The van der Waals surface area contributed by atoms with Crippen molar-refractivity contribution in [2.45, 2.75) is 13.3 Å². The fourth-order valence-electron chi connectivity index (χ4n) is 1.27. The minimum absolute atomic E-state index is 0.362. The van der Waals surface area contributed by atoms with Gasteiger partial charge in [-0.2, -0.15) is 5.26 Å². The molecule has 0 bridgehead atoms. The maximum absolute atomic E-state index is 10.8. The molecule has 1 aromatic carbocycles. The molecule has 18 heavy (non-hydrogen) atoms. The maximum atomic E-state index is 10.8. The minimum atomic E-state index is -1.28. The highest BCUT2D eigenvalue weighted by Gasteiger charge is 2.09. The molecule has 0 heterocycles. The molecule has 5 heteroatoms. The molecule has 0 fully saturated rings. The second-order valence-electron chi connectivity index (χ2n) is 3.51. The second kappa shape index (κ2) is 6.67. The Morgan fingerprint density at radius 3 is 2.89 bits per heavy atom. The quantitative estimate of drug-likeness (QED) is 0.656. The third-order valence-electron chi connectivity index (χ3n) is 2.08. The Morgan fingerprint density at radius 1 is 1.61 bits per heavy atom. The van der Waals surface area contributed by atoms with Crippen molar-refractivity contribution in [2.75, 3.05) is 6.61 Å². The van der Waals surface area contributed by atoms with Crippen LogP contribution < -0.4 is 4.74 Å². The minimum Gasteiger partial charge on any atom is -0.493 e. The lowest BCUT2D eigenvalue weighted by molar-refractivity contribution is -0.132. The van der Waals surface area contributed by atoms with Gasteiger partial charge in [0.05, 0.1) is 6.61 Å². The molecular formula is C13H12ClNO3. The molecule has 0 aromatic heterocycles. The molecule has 0 saturated carbocycles. The first-order valence-electron chi connectivity index (χ1n) is 5.36. The van der Waals surface area contributed by atoms with E-state index in [1.807, 2.05) is 6.92 Å². The zero-order chi connectivity index (χ0) is 13.5. The first-order chi connectivity index (χ1) is 8.58. The number of hydrogen-bond acceptors (Lipinski definition) is 3. The highest BCUT2D eigenvalue weighted by atomic mass is 35.5. The molecular weight excluding hydrogens is 254 g/mol.